The first-order chi connectivity index (χ1) is 11.6. The van der Waals surface area contributed by atoms with Crippen molar-refractivity contribution in [1.82, 2.24) is 10.2 Å². The number of hydrogen-bond donors (Lipinski definition) is 1. The Kier molecular flexibility index (Phi) is 5.02. The summed E-state index contributed by atoms with van der Waals surface area (Å²) in [6.45, 7) is 5.52. The third-order valence-electron chi connectivity index (χ3n) is 5.27. The van der Waals surface area contributed by atoms with E-state index in [0.717, 1.165) is 31.2 Å². The number of hydrogen-bond acceptors (Lipinski definition) is 3. The standard InChI is InChI=1S/C18H26N4O2/c1-2-19-17(21-11-10-18(14-21)8-3-4-9-18)20-13-15-6-5-7-16(12-15)22(23)24/h5-7,12H,2-4,8-11,13-14H2,1H3,(H,19,20). The lowest BCUT2D eigenvalue weighted by Gasteiger charge is -2.26. The van der Waals surface area contributed by atoms with Crippen molar-refractivity contribution in [2.75, 3.05) is 19.6 Å². The van der Waals surface area contributed by atoms with Crippen LogP contribution in [0.4, 0.5) is 5.69 Å². The Morgan fingerprint density at radius 1 is 1.38 bits per heavy atom. The summed E-state index contributed by atoms with van der Waals surface area (Å²) in [5.74, 6) is 0.938. The van der Waals surface area contributed by atoms with Gasteiger partial charge in [0.2, 0.25) is 0 Å². The summed E-state index contributed by atoms with van der Waals surface area (Å²) >= 11 is 0. The minimum atomic E-state index is -0.358. The molecule has 0 radical (unpaired) electrons. The van der Waals surface area contributed by atoms with Crippen LogP contribution in [0.3, 0.4) is 0 Å². The van der Waals surface area contributed by atoms with Gasteiger partial charge in [0.25, 0.3) is 5.69 Å². The number of benzene rings is 1. The fourth-order valence-corrected chi connectivity index (χ4v) is 4.01. The van der Waals surface area contributed by atoms with Crippen LogP contribution in [0.15, 0.2) is 29.3 Å². The van der Waals surface area contributed by atoms with E-state index in [1.54, 1.807) is 12.1 Å². The molecule has 2 fully saturated rings. The van der Waals surface area contributed by atoms with Crippen LogP contribution in [0.5, 0.6) is 0 Å². The molecular formula is C18H26N4O2. The molecule has 3 rings (SSSR count). The molecule has 1 heterocycles. The lowest BCUT2D eigenvalue weighted by molar-refractivity contribution is -0.384. The second-order valence-electron chi connectivity index (χ2n) is 6.98. The Morgan fingerprint density at radius 3 is 2.88 bits per heavy atom. The van der Waals surface area contributed by atoms with Crippen molar-refractivity contribution in [2.24, 2.45) is 10.4 Å². The molecule has 1 spiro atoms. The van der Waals surface area contributed by atoms with Crippen LogP contribution in [0.1, 0.15) is 44.6 Å². The molecule has 6 heteroatoms. The lowest BCUT2D eigenvalue weighted by Crippen LogP contribution is -2.41. The smallest absolute Gasteiger partial charge is 0.269 e. The second kappa shape index (κ2) is 7.20. The summed E-state index contributed by atoms with van der Waals surface area (Å²) in [5.41, 5.74) is 1.50. The SMILES string of the molecule is CCNC(=NCc1cccc([N+](=O)[O-])c1)N1CCC2(CCCC2)C1. The van der Waals surface area contributed by atoms with E-state index in [4.69, 9.17) is 4.99 Å². The molecule has 130 valence electrons. The molecule has 0 amide bonds. The molecule has 2 aliphatic rings. The van der Waals surface area contributed by atoms with Gasteiger partial charge in [0.15, 0.2) is 5.96 Å². The van der Waals surface area contributed by atoms with Gasteiger partial charge in [-0.2, -0.15) is 0 Å². The third kappa shape index (κ3) is 3.68. The predicted molar refractivity (Wildman–Crippen MR) is 95.0 cm³/mol. The molecule has 6 nitrogen and oxygen atoms in total. The summed E-state index contributed by atoms with van der Waals surface area (Å²) in [4.78, 5) is 17.6. The quantitative estimate of drug-likeness (QED) is 0.398. The van der Waals surface area contributed by atoms with Crippen molar-refractivity contribution < 1.29 is 4.92 Å². The summed E-state index contributed by atoms with van der Waals surface area (Å²) < 4.78 is 0. The van der Waals surface area contributed by atoms with Gasteiger partial charge in [-0.15, -0.1) is 0 Å². The van der Waals surface area contributed by atoms with Crippen molar-refractivity contribution >= 4 is 11.6 Å². The number of likely N-dealkylation sites (tertiary alicyclic amines) is 1. The molecule has 24 heavy (non-hydrogen) atoms. The Hall–Kier alpha value is -2.11. The van der Waals surface area contributed by atoms with E-state index in [0.29, 0.717) is 12.0 Å². The van der Waals surface area contributed by atoms with Gasteiger partial charge in [0.1, 0.15) is 0 Å². The lowest BCUT2D eigenvalue weighted by atomic mass is 9.86. The maximum atomic E-state index is 10.9. The first kappa shape index (κ1) is 16.7. The number of aliphatic imine (C=N–C) groups is 1. The van der Waals surface area contributed by atoms with Gasteiger partial charge >= 0.3 is 0 Å². The van der Waals surface area contributed by atoms with Crippen LogP contribution in [-0.2, 0) is 6.54 Å². The van der Waals surface area contributed by atoms with Gasteiger partial charge in [0.05, 0.1) is 11.5 Å². The average molecular weight is 330 g/mol. The van der Waals surface area contributed by atoms with Gasteiger partial charge in [0, 0.05) is 31.8 Å². The first-order valence-electron chi connectivity index (χ1n) is 8.88. The van der Waals surface area contributed by atoms with E-state index in [2.05, 4.69) is 17.1 Å². The molecule has 1 saturated heterocycles. The molecule has 0 atom stereocenters. The highest BCUT2D eigenvalue weighted by Gasteiger charge is 2.41. The van der Waals surface area contributed by atoms with Gasteiger partial charge in [-0.25, -0.2) is 4.99 Å². The predicted octanol–water partition coefficient (Wildman–Crippen LogP) is 3.33. The Balaban J connectivity index is 1.70. The van der Waals surface area contributed by atoms with Gasteiger partial charge in [-0.1, -0.05) is 25.0 Å². The van der Waals surface area contributed by atoms with Crippen LogP contribution >= 0.6 is 0 Å². The van der Waals surface area contributed by atoms with Crippen LogP contribution < -0.4 is 5.32 Å². The van der Waals surface area contributed by atoms with Gasteiger partial charge in [-0.05, 0) is 37.2 Å². The van der Waals surface area contributed by atoms with E-state index in [-0.39, 0.29) is 10.6 Å². The normalized spacial score (nSPS) is 19.9. The minimum Gasteiger partial charge on any atom is -0.357 e. The number of guanidine groups is 1. The number of nitrogens with one attached hydrogen (secondary N) is 1. The van der Waals surface area contributed by atoms with Crippen LogP contribution in [0.25, 0.3) is 0 Å². The maximum absolute atomic E-state index is 10.9. The van der Waals surface area contributed by atoms with E-state index in [1.807, 2.05) is 6.07 Å². The summed E-state index contributed by atoms with van der Waals surface area (Å²) in [7, 11) is 0. The van der Waals surface area contributed by atoms with Crippen molar-refractivity contribution in [1.29, 1.82) is 0 Å². The molecule has 0 aromatic heterocycles. The summed E-state index contributed by atoms with van der Waals surface area (Å²) in [6.07, 6.45) is 6.65. The molecule has 0 bridgehead atoms. The number of nitro groups is 1. The zero-order chi connectivity index (χ0) is 17.0. The van der Waals surface area contributed by atoms with Crippen molar-refractivity contribution in [2.45, 2.75) is 45.6 Å². The molecule has 1 saturated carbocycles. The van der Waals surface area contributed by atoms with Gasteiger partial charge < -0.3 is 10.2 Å². The van der Waals surface area contributed by atoms with E-state index >= 15 is 0 Å². The number of non-ortho nitro benzene ring substituents is 1. The molecule has 1 aromatic rings. The highest BCUT2D eigenvalue weighted by atomic mass is 16.6. The summed E-state index contributed by atoms with van der Waals surface area (Å²) in [6, 6.07) is 6.74. The van der Waals surface area contributed by atoms with Crippen LogP contribution in [-0.4, -0.2) is 35.4 Å². The highest BCUT2D eigenvalue weighted by Crippen LogP contribution is 2.45. The fourth-order valence-electron chi connectivity index (χ4n) is 4.01. The molecule has 1 N–H and O–H groups in total. The maximum Gasteiger partial charge on any atom is 0.269 e. The Labute approximate surface area is 143 Å². The molecule has 1 aliphatic heterocycles. The van der Waals surface area contributed by atoms with Crippen LogP contribution in [0.2, 0.25) is 0 Å². The molecule has 1 aromatic carbocycles. The van der Waals surface area contributed by atoms with Crippen molar-refractivity contribution in [3.8, 4) is 0 Å². The van der Waals surface area contributed by atoms with Crippen molar-refractivity contribution in [3.05, 3.63) is 39.9 Å². The third-order valence-corrected chi connectivity index (χ3v) is 5.27. The zero-order valence-corrected chi connectivity index (χ0v) is 14.3. The molecule has 1 aliphatic carbocycles. The largest absolute Gasteiger partial charge is 0.357 e. The Bertz CT molecular complexity index is 623. The number of nitrogens with zero attached hydrogens (tertiary/aromatic N) is 3. The topological polar surface area (TPSA) is 70.8 Å². The monoisotopic (exact) mass is 330 g/mol. The minimum absolute atomic E-state index is 0.124. The zero-order valence-electron chi connectivity index (χ0n) is 14.3. The average Bonchev–Trinajstić information content (AvgIpc) is 3.22. The first-order valence-corrected chi connectivity index (χ1v) is 8.88. The number of nitro benzene ring substituents is 1. The fraction of sp³-hybridized carbons (Fsp3) is 0.611. The summed E-state index contributed by atoms with van der Waals surface area (Å²) in [5, 5.41) is 14.3. The van der Waals surface area contributed by atoms with E-state index in [9.17, 15) is 10.1 Å². The highest BCUT2D eigenvalue weighted by molar-refractivity contribution is 5.80. The van der Waals surface area contributed by atoms with E-state index < -0.39 is 0 Å². The van der Waals surface area contributed by atoms with Gasteiger partial charge in [-0.3, -0.25) is 10.1 Å². The number of rotatable bonds is 4. The Morgan fingerprint density at radius 2 is 2.17 bits per heavy atom. The van der Waals surface area contributed by atoms with Crippen LogP contribution in [0, 0.1) is 15.5 Å². The van der Waals surface area contributed by atoms with Crippen molar-refractivity contribution in [3.63, 3.8) is 0 Å². The van der Waals surface area contributed by atoms with E-state index in [1.165, 1.54) is 38.2 Å². The second-order valence-corrected chi connectivity index (χ2v) is 6.98. The molecule has 0 unspecified atom stereocenters. The molecular weight excluding hydrogens is 304 g/mol.